The quantitative estimate of drug-likeness (QED) is 0.149. The van der Waals surface area contributed by atoms with Crippen LogP contribution in [0.3, 0.4) is 0 Å². The zero-order chi connectivity index (χ0) is 26.9. The fraction of sp³-hybridized carbons (Fsp3) is 0.176. The molecule has 6 aromatic carbocycles. The number of hydrogen-bond acceptors (Lipinski definition) is 5. The van der Waals surface area contributed by atoms with E-state index in [-0.39, 0.29) is 0 Å². The minimum atomic E-state index is -0.837. The van der Waals surface area contributed by atoms with E-state index in [0.29, 0.717) is 24.3 Å². The lowest BCUT2D eigenvalue weighted by Gasteiger charge is -2.28. The molecule has 6 aromatic rings. The van der Waals surface area contributed by atoms with Crippen molar-refractivity contribution in [2.75, 3.05) is 4.90 Å². The first kappa shape index (κ1) is 25.0. The fourth-order valence-electron chi connectivity index (χ4n) is 5.17. The molecule has 0 aliphatic rings. The van der Waals surface area contributed by atoms with Gasteiger partial charge in [-0.25, -0.2) is 0 Å². The maximum atomic E-state index is 9.94. The van der Waals surface area contributed by atoms with Crippen LogP contribution in [0.25, 0.3) is 32.3 Å². The molecule has 0 saturated carbocycles. The first-order valence-electron chi connectivity index (χ1n) is 13.4. The molecule has 2 unspecified atom stereocenters. The first-order valence-corrected chi connectivity index (χ1v) is 13.4. The van der Waals surface area contributed by atoms with Crippen LogP contribution in [0.5, 0.6) is 11.5 Å². The lowest BCUT2D eigenvalue weighted by molar-refractivity contribution is -0.0195. The Morgan fingerprint density at radius 1 is 0.564 bits per heavy atom. The molecule has 0 aliphatic carbocycles. The molecule has 196 valence electrons. The highest BCUT2D eigenvalue weighted by atomic mass is 16.6. The summed E-state index contributed by atoms with van der Waals surface area (Å²) in [5, 5.41) is 27.2. The highest BCUT2D eigenvalue weighted by Gasteiger charge is 2.19. The standard InChI is InChI=1S/C34H31NO4/c1-3-31(36)38-27-16-12-25(13-17-27)35(26-14-18-28(19-15-26)39-32(37)4-2)30-21-11-24-9-8-22-6-5-7-23-10-20-29(30)34(24)33(22)23/h5-21,31-32,36-37H,3-4H2,1-2H3. The zero-order valence-corrected chi connectivity index (χ0v) is 22.0. The molecule has 0 heterocycles. The molecule has 0 aromatic heterocycles. The third-order valence-corrected chi connectivity index (χ3v) is 7.18. The van der Waals surface area contributed by atoms with Gasteiger partial charge in [0.1, 0.15) is 11.5 Å². The van der Waals surface area contributed by atoms with Crippen LogP contribution < -0.4 is 14.4 Å². The Balaban J connectivity index is 1.51. The van der Waals surface area contributed by atoms with Crippen LogP contribution in [-0.4, -0.2) is 22.8 Å². The number of aliphatic hydroxyl groups is 2. The highest BCUT2D eigenvalue weighted by molar-refractivity contribution is 6.25. The van der Waals surface area contributed by atoms with Gasteiger partial charge < -0.3 is 24.6 Å². The van der Waals surface area contributed by atoms with E-state index < -0.39 is 12.6 Å². The van der Waals surface area contributed by atoms with Gasteiger partial charge in [-0.3, -0.25) is 0 Å². The Hall–Kier alpha value is -4.32. The monoisotopic (exact) mass is 517 g/mol. The van der Waals surface area contributed by atoms with E-state index in [1.54, 1.807) is 0 Å². The van der Waals surface area contributed by atoms with Crippen LogP contribution in [0.4, 0.5) is 17.1 Å². The second-order valence-corrected chi connectivity index (χ2v) is 9.73. The summed E-state index contributed by atoms with van der Waals surface area (Å²) in [6.45, 7) is 3.75. The summed E-state index contributed by atoms with van der Waals surface area (Å²) in [5.74, 6) is 1.22. The molecule has 2 atom stereocenters. The van der Waals surface area contributed by atoms with Crippen molar-refractivity contribution in [1.29, 1.82) is 0 Å². The Kier molecular flexibility index (Phi) is 6.69. The van der Waals surface area contributed by atoms with Gasteiger partial charge in [-0.2, -0.15) is 0 Å². The number of benzene rings is 6. The Bertz CT molecular complexity index is 1640. The van der Waals surface area contributed by atoms with Crippen molar-refractivity contribution in [3.05, 3.63) is 103 Å². The van der Waals surface area contributed by atoms with E-state index in [4.69, 9.17) is 9.47 Å². The largest absolute Gasteiger partial charge is 0.465 e. The number of nitrogens with zero attached hydrogens (tertiary/aromatic N) is 1. The number of hydrogen-bond donors (Lipinski definition) is 2. The Labute approximate surface area is 227 Å². The number of ether oxygens (including phenoxy) is 2. The van der Waals surface area contributed by atoms with Gasteiger partial charge in [-0.1, -0.05) is 62.4 Å². The zero-order valence-electron chi connectivity index (χ0n) is 22.0. The Morgan fingerprint density at radius 2 is 1.03 bits per heavy atom. The molecular weight excluding hydrogens is 486 g/mol. The summed E-state index contributed by atoms with van der Waals surface area (Å²) in [7, 11) is 0. The van der Waals surface area contributed by atoms with Crippen molar-refractivity contribution in [1.82, 2.24) is 0 Å². The van der Waals surface area contributed by atoms with Crippen LogP contribution >= 0.6 is 0 Å². The smallest absolute Gasteiger partial charge is 0.197 e. The SMILES string of the molecule is CCC(O)Oc1ccc(N(c2ccc(OC(O)CC)cc2)c2ccc3ccc4cccc5ccc2c3c45)cc1. The van der Waals surface area contributed by atoms with Crippen molar-refractivity contribution in [2.24, 2.45) is 0 Å². The lowest BCUT2D eigenvalue weighted by atomic mass is 9.93. The van der Waals surface area contributed by atoms with Crippen molar-refractivity contribution in [2.45, 2.75) is 39.3 Å². The minimum absolute atomic E-state index is 0.512. The van der Waals surface area contributed by atoms with Gasteiger partial charge in [0, 0.05) is 29.6 Å². The molecule has 0 spiro atoms. The summed E-state index contributed by atoms with van der Waals surface area (Å²) in [4.78, 5) is 2.21. The van der Waals surface area contributed by atoms with Gasteiger partial charge in [-0.15, -0.1) is 0 Å². The molecule has 0 fully saturated rings. The summed E-state index contributed by atoms with van der Waals surface area (Å²) >= 11 is 0. The molecule has 5 heteroatoms. The van der Waals surface area contributed by atoms with E-state index in [0.717, 1.165) is 22.4 Å². The van der Waals surface area contributed by atoms with Gasteiger partial charge in [0.25, 0.3) is 0 Å². The molecule has 0 saturated heterocycles. The topological polar surface area (TPSA) is 62.2 Å². The number of rotatable bonds is 9. The lowest BCUT2D eigenvalue weighted by Crippen LogP contribution is -2.14. The summed E-state index contributed by atoms with van der Waals surface area (Å²) < 4.78 is 11.2. The molecule has 0 radical (unpaired) electrons. The molecule has 5 nitrogen and oxygen atoms in total. The summed E-state index contributed by atoms with van der Waals surface area (Å²) in [6, 6.07) is 35.1. The number of aliphatic hydroxyl groups excluding tert-OH is 2. The van der Waals surface area contributed by atoms with Crippen molar-refractivity contribution >= 4 is 49.4 Å². The van der Waals surface area contributed by atoms with Crippen LogP contribution in [0.15, 0.2) is 103 Å². The molecular formula is C34H31NO4. The minimum Gasteiger partial charge on any atom is -0.465 e. The van der Waals surface area contributed by atoms with Crippen LogP contribution in [-0.2, 0) is 0 Å². The van der Waals surface area contributed by atoms with Crippen molar-refractivity contribution < 1.29 is 19.7 Å². The predicted molar refractivity (Wildman–Crippen MR) is 159 cm³/mol. The van der Waals surface area contributed by atoms with E-state index in [9.17, 15) is 10.2 Å². The van der Waals surface area contributed by atoms with E-state index in [2.05, 4.69) is 59.5 Å². The number of anilines is 3. The predicted octanol–water partition coefficient (Wildman–Crippen LogP) is 8.27. The first-order chi connectivity index (χ1) is 19.1. The van der Waals surface area contributed by atoms with E-state index in [1.807, 2.05) is 62.4 Å². The molecule has 0 aliphatic heterocycles. The summed E-state index contributed by atoms with van der Waals surface area (Å²) in [6.07, 6.45) is -0.652. The molecule has 0 amide bonds. The normalized spacial score (nSPS) is 13.1. The van der Waals surface area contributed by atoms with Crippen molar-refractivity contribution in [3.63, 3.8) is 0 Å². The second-order valence-electron chi connectivity index (χ2n) is 9.73. The maximum Gasteiger partial charge on any atom is 0.197 e. The maximum absolute atomic E-state index is 9.94. The molecule has 2 N–H and O–H groups in total. The third kappa shape index (κ3) is 4.71. The van der Waals surface area contributed by atoms with Gasteiger partial charge in [0.2, 0.25) is 0 Å². The fourth-order valence-corrected chi connectivity index (χ4v) is 5.17. The molecule has 6 rings (SSSR count). The average molecular weight is 518 g/mol. The van der Waals surface area contributed by atoms with E-state index in [1.165, 1.54) is 26.9 Å². The Morgan fingerprint density at radius 3 is 1.54 bits per heavy atom. The van der Waals surface area contributed by atoms with Gasteiger partial charge in [0.15, 0.2) is 12.6 Å². The van der Waals surface area contributed by atoms with Crippen LogP contribution in [0, 0.1) is 0 Å². The van der Waals surface area contributed by atoms with Gasteiger partial charge in [0.05, 0.1) is 5.69 Å². The summed E-state index contributed by atoms with van der Waals surface area (Å²) in [5.41, 5.74) is 2.95. The highest BCUT2D eigenvalue weighted by Crippen LogP contribution is 2.44. The third-order valence-electron chi connectivity index (χ3n) is 7.18. The van der Waals surface area contributed by atoms with E-state index >= 15 is 0 Å². The average Bonchev–Trinajstić information content (AvgIpc) is 2.98. The molecule has 0 bridgehead atoms. The van der Waals surface area contributed by atoms with Crippen molar-refractivity contribution in [3.8, 4) is 11.5 Å². The van der Waals surface area contributed by atoms with Gasteiger partial charge >= 0.3 is 0 Å². The van der Waals surface area contributed by atoms with Crippen LogP contribution in [0.1, 0.15) is 26.7 Å². The second kappa shape index (κ2) is 10.4. The van der Waals surface area contributed by atoms with Gasteiger partial charge in [-0.05, 0) is 81.5 Å². The molecule has 39 heavy (non-hydrogen) atoms. The van der Waals surface area contributed by atoms with Crippen LogP contribution in [0.2, 0.25) is 0 Å².